The van der Waals surface area contributed by atoms with Crippen LogP contribution in [-0.2, 0) is 9.47 Å². The highest BCUT2D eigenvalue weighted by atomic mass is 79.9. The van der Waals surface area contributed by atoms with Gasteiger partial charge in [0.05, 0.1) is 18.3 Å². The lowest BCUT2D eigenvalue weighted by molar-refractivity contribution is -0.147. The predicted molar refractivity (Wildman–Crippen MR) is 61.9 cm³/mol. The second-order valence-electron chi connectivity index (χ2n) is 4.30. The SMILES string of the molecule is CCOC1C(Br)CC1OC(C)C(C)C. The summed E-state index contributed by atoms with van der Waals surface area (Å²) in [6.45, 7) is 9.30. The molecule has 0 aromatic heterocycles. The third-order valence-corrected chi connectivity index (χ3v) is 3.76. The van der Waals surface area contributed by atoms with E-state index in [9.17, 15) is 0 Å². The van der Waals surface area contributed by atoms with Crippen LogP contribution in [0.25, 0.3) is 0 Å². The van der Waals surface area contributed by atoms with E-state index in [4.69, 9.17) is 9.47 Å². The minimum atomic E-state index is 0.251. The molecule has 1 aliphatic rings. The highest BCUT2D eigenvalue weighted by molar-refractivity contribution is 9.09. The van der Waals surface area contributed by atoms with E-state index in [1.807, 2.05) is 6.92 Å². The number of hydrogen-bond acceptors (Lipinski definition) is 2. The largest absolute Gasteiger partial charge is 0.375 e. The third kappa shape index (κ3) is 2.94. The summed E-state index contributed by atoms with van der Waals surface area (Å²) in [5, 5.41) is 0. The number of hydrogen-bond donors (Lipinski definition) is 0. The van der Waals surface area contributed by atoms with E-state index < -0.39 is 0 Å². The summed E-state index contributed by atoms with van der Waals surface area (Å²) in [5.41, 5.74) is 0. The molecule has 0 heterocycles. The van der Waals surface area contributed by atoms with Crippen molar-refractivity contribution in [3.05, 3.63) is 0 Å². The first-order valence-electron chi connectivity index (χ1n) is 5.47. The van der Waals surface area contributed by atoms with Crippen molar-refractivity contribution in [1.29, 1.82) is 0 Å². The number of alkyl halides is 1. The number of halogens is 1. The molecular weight excluding hydrogens is 244 g/mol. The molecule has 0 aliphatic heterocycles. The fourth-order valence-electron chi connectivity index (χ4n) is 1.50. The maximum Gasteiger partial charge on any atom is 0.0962 e. The molecule has 2 nitrogen and oxygen atoms in total. The maximum absolute atomic E-state index is 5.93. The van der Waals surface area contributed by atoms with Crippen LogP contribution in [0.5, 0.6) is 0 Å². The first-order valence-corrected chi connectivity index (χ1v) is 6.39. The molecule has 0 aromatic carbocycles. The summed E-state index contributed by atoms with van der Waals surface area (Å²) in [4.78, 5) is 0.479. The summed E-state index contributed by atoms with van der Waals surface area (Å²) >= 11 is 3.59. The van der Waals surface area contributed by atoms with Gasteiger partial charge in [0.2, 0.25) is 0 Å². The summed E-state index contributed by atoms with van der Waals surface area (Å²) < 4.78 is 11.5. The van der Waals surface area contributed by atoms with E-state index in [2.05, 4.69) is 36.7 Å². The molecule has 14 heavy (non-hydrogen) atoms. The van der Waals surface area contributed by atoms with E-state index in [1.54, 1.807) is 0 Å². The van der Waals surface area contributed by atoms with Crippen LogP contribution in [0, 0.1) is 5.92 Å². The van der Waals surface area contributed by atoms with E-state index in [-0.39, 0.29) is 12.2 Å². The van der Waals surface area contributed by atoms with Crippen LogP contribution in [0.1, 0.15) is 34.1 Å². The Morgan fingerprint density at radius 2 is 2.00 bits per heavy atom. The quantitative estimate of drug-likeness (QED) is 0.711. The Labute approximate surface area is 95.5 Å². The van der Waals surface area contributed by atoms with Crippen LogP contribution in [-0.4, -0.2) is 29.7 Å². The lowest BCUT2D eigenvalue weighted by atomic mass is 9.91. The average Bonchev–Trinajstić information content (AvgIpc) is 2.13. The zero-order valence-electron chi connectivity index (χ0n) is 9.50. The first kappa shape index (κ1) is 12.5. The molecule has 1 saturated carbocycles. The van der Waals surface area contributed by atoms with Gasteiger partial charge in [-0.15, -0.1) is 0 Å². The monoisotopic (exact) mass is 264 g/mol. The van der Waals surface area contributed by atoms with Gasteiger partial charge in [-0.2, -0.15) is 0 Å². The molecule has 0 spiro atoms. The molecule has 0 amide bonds. The molecule has 0 bridgehead atoms. The van der Waals surface area contributed by atoms with Crippen LogP contribution < -0.4 is 0 Å². The third-order valence-electron chi connectivity index (χ3n) is 2.87. The number of ether oxygens (including phenoxy) is 2. The average molecular weight is 265 g/mol. The van der Waals surface area contributed by atoms with Crippen LogP contribution in [0.2, 0.25) is 0 Å². The Bertz CT molecular complexity index is 173. The normalized spacial score (nSPS) is 34.3. The minimum Gasteiger partial charge on any atom is -0.375 e. The highest BCUT2D eigenvalue weighted by Gasteiger charge is 2.42. The van der Waals surface area contributed by atoms with Gasteiger partial charge in [-0.25, -0.2) is 0 Å². The summed E-state index contributed by atoms with van der Waals surface area (Å²) in [7, 11) is 0. The molecule has 3 heteroatoms. The van der Waals surface area contributed by atoms with Gasteiger partial charge in [-0.3, -0.25) is 0 Å². The second kappa shape index (κ2) is 5.47. The predicted octanol–water partition coefficient (Wildman–Crippen LogP) is 2.99. The van der Waals surface area contributed by atoms with Gasteiger partial charge in [0.15, 0.2) is 0 Å². The van der Waals surface area contributed by atoms with Gasteiger partial charge in [0, 0.05) is 11.4 Å². The molecule has 0 aromatic rings. The van der Waals surface area contributed by atoms with Crippen molar-refractivity contribution >= 4 is 15.9 Å². The minimum absolute atomic E-state index is 0.251. The zero-order chi connectivity index (χ0) is 10.7. The Morgan fingerprint density at radius 3 is 2.43 bits per heavy atom. The number of rotatable bonds is 5. The van der Waals surface area contributed by atoms with Gasteiger partial charge in [-0.1, -0.05) is 29.8 Å². The van der Waals surface area contributed by atoms with Crippen molar-refractivity contribution < 1.29 is 9.47 Å². The molecule has 4 unspecified atom stereocenters. The Morgan fingerprint density at radius 1 is 1.36 bits per heavy atom. The van der Waals surface area contributed by atoms with Gasteiger partial charge in [-0.05, 0) is 26.2 Å². The molecule has 1 fully saturated rings. The standard InChI is InChI=1S/C11H21BrO2/c1-5-13-11-9(12)6-10(11)14-8(4)7(2)3/h7-11H,5-6H2,1-4H3. The molecule has 84 valence electrons. The van der Waals surface area contributed by atoms with Crippen molar-refractivity contribution in [1.82, 2.24) is 0 Å². The second-order valence-corrected chi connectivity index (χ2v) is 5.47. The first-order chi connectivity index (χ1) is 6.56. The van der Waals surface area contributed by atoms with Crippen LogP contribution in [0.15, 0.2) is 0 Å². The van der Waals surface area contributed by atoms with E-state index >= 15 is 0 Å². The topological polar surface area (TPSA) is 18.5 Å². The molecule has 4 atom stereocenters. The summed E-state index contributed by atoms with van der Waals surface area (Å²) in [6.07, 6.45) is 1.93. The van der Waals surface area contributed by atoms with Crippen molar-refractivity contribution in [3.8, 4) is 0 Å². The van der Waals surface area contributed by atoms with E-state index in [0.717, 1.165) is 13.0 Å². The van der Waals surface area contributed by atoms with Gasteiger partial charge < -0.3 is 9.47 Å². The Kier molecular flexibility index (Phi) is 4.88. The smallest absolute Gasteiger partial charge is 0.0962 e. The Balaban J connectivity index is 2.32. The van der Waals surface area contributed by atoms with Gasteiger partial charge in [0.1, 0.15) is 0 Å². The summed E-state index contributed by atoms with van der Waals surface area (Å²) in [6, 6.07) is 0. The highest BCUT2D eigenvalue weighted by Crippen LogP contribution is 2.34. The fraction of sp³-hybridized carbons (Fsp3) is 1.00. The lowest BCUT2D eigenvalue weighted by Crippen LogP contribution is -2.52. The maximum atomic E-state index is 5.93. The molecule has 1 aliphatic carbocycles. The van der Waals surface area contributed by atoms with Gasteiger partial charge in [0.25, 0.3) is 0 Å². The van der Waals surface area contributed by atoms with E-state index in [0.29, 0.717) is 16.8 Å². The lowest BCUT2D eigenvalue weighted by Gasteiger charge is -2.42. The molecule has 1 rings (SSSR count). The van der Waals surface area contributed by atoms with Crippen molar-refractivity contribution in [3.63, 3.8) is 0 Å². The Hall–Kier alpha value is 0.400. The molecule has 0 saturated heterocycles. The molecular formula is C11H21BrO2. The van der Waals surface area contributed by atoms with Crippen LogP contribution >= 0.6 is 15.9 Å². The van der Waals surface area contributed by atoms with E-state index in [1.165, 1.54) is 0 Å². The molecule has 0 N–H and O–H groups in total. The van der Waals surface area contributed by atoms with Crippen molar-refractivity contribution in [2.24, 2.45) is 5.92 Å². The fourth-order valence-corrected chi connectivity index (χ4v) is 2.36. The molecule has 0 radical (unpaired) electrons. The van der Waals surface area contributed by atoms with Crippen molar-refractivity contribution in [2.45, 2.75) is 57.3 Å². The van der Waals surface area contributed by atoms with Crippen LogP contribution in [0.3, 0.4) is 0 Å². The van der Waals surface area contributed by atoms with Crippen molar-refractivity contribution in [2.75, 3.05) is 6.61 Å². The van der Waals surface area contributed by atoms with Gasteiger partial charge >= 0.3 is 0 Å². The zero-order valence-corrected chi connectivity index (χ0v) is 11.1. The van der Waals surface area contributed by atoms with Crippen LogP contribution in [0.4, 0.5) is 0 Å². The summed E-state index contributed by atoms with van der Waals surface area (Å²) in [5.74, 6) is 0.576.